The molecule has 16 heavy (non-hydrogen) atoms. The molecular weight excluding hydrogens is 278 g/mol. The average molecular weight is 288 g/mol. The van der Waals surface area contributed by atoms with Crippen LogP contribution in [0.5, 0.6) is 0 Å². The molecule has 0 amide bonds. The number of ether oxygens (including phenoxy) is 1. The number of hydrogen-bond donors (Lipinski definition) is 0. The number of carbonyl (C=O) groups excluding carboxylic acids is 1. The minimum absolute atomic E-state index is 0.0138. The molecule has 0 radical (unpaired) electrons. The van der Waals surface area contributed by atoms with E-state index < -0.39 is 11.0 Å². The number of esters is 1. The minimum Gasteiger partial charge on any atom is -0.457 e. The van der Waals surface area contributed by atoms with E-state index in [1.807, 2.05) is 0 Å². The van der Waals surface area contributed by atoms with Gasteiger partial charge in [-0.2, -0.15) is 0 Å². The maximum Gasteiger partial charge on any atom is 0.303 e. The lowest BCUT2D eigenvalue weighted by Crippen LogP contribution is -2.09. The van der Waals surface area contributed by atoms with E-state index in [4.69, 9.17) is 4.74 Å². The smallest absolute Gasteiger partial charge is 0.303 e. The molecule has 0 aliphatic carbocycles. The lowest BCUT2D eigenvalue weighted by Gasteiger charge is -2.14. The first-order valence-electron chi connectivity index (χ1n) is 4.52. The molecule has 0 N–H and O–H groups in total. The number of halogens is 1. The van der Waals surface area contributed by atoms with Crippen molar-refractivity contribution in [2.45, 2.75) is 13.0 Å². The Kier molecular flexibility index (Phi) is 4.42. The van der Waals surface area contributed by atoms with Crippen molar-refractivity contribution in [3.8, 4) is 0 Å². The molecule has 0 spiro atoms. The third kappa shape index (κ3) is 3.30. The Morgan fingerprint density at radius 3 is 2.44 bits per heavy atom. The summed E-state index contributed by atoms with van der Waals surface area (Å²) in [5.74, 6) is -0.386. The SMILES string of the molecule is CC(=O)O[C@H](CBr)c1ccc([N+](=O)[O-])cc1. The van der Waals surface area contributed by atoms with Crippen LogP contribution in [0.15, 0.2) is 24.3 Å². The molecule has 0 unspecified atom stereocenters. The van der Waals surface area contributed by atoms with Crippen LogP contribution in [0.3, 0.4) is 0 Å². The highest BCUT2D eigenvalue weighted by molar-refractivity contribution is 9.09. The van der Waals surface area contributed by atoms with Gasteiger partial charge >= 0.3 is 5.97 Å². The molecule has 0 aromatic heterocycles. The zero-order valence-corrected chi connectivity index (χ0v) is 10.1. The first kappa shape index (κ1) is 12.6. The van der Waals surface area contributed by atoms with Gasteiger partial charge in [0.1, 0.15) is 6.10 Å². The second kappa shape index (κ2) is 5.60. The molecule has 0 saturated carbocycles. The van der Waals surface area contributed by atoms with Gasteiger partial charge in [0.15, 0.2) is 0 Å². The van der Waals surface area contributed by atoms with Gasteiger partial charge < -0.3 is 4.74 Å². The molecule has 6 heteroatoms. The molecule has 0 heterocycles. The van der Waals surface area contributed by atoms with Crippen LogP contribution in [0.25, 0.3) is 0 Å². The summed E-state index contributed by atoms with van der Waals surface area (Å²) in [6, 6.07) is 5.92. The van der Waals surface area contributed by atoms with E-state index in [9.17, 15) is 14.9 Å². The van der Waals surface area contributed by atoms with E-state index in [-0.39, 0.29) is 11.7 Å². The second-order valence-electron chi connectivity index (χ2n) is 3.10. The predicted octanol–water partition coefficient (Wildman–Crippen LogP) is 2.59. The Balaban J connectivity index is 2.86. The maximum absolute atomic E-state index is 10.8. The van der Waals surface area contributed by atoms with Gasteiger partial charge in [0.2, 0.25) is 0 Å². The monoisotopic (exact) mass is 287 g/mol. The van der Waals surface area contributed by atoms with E-state index in [1.54, 1.807) is 12.1 Å². The number of carbonyl (C=O) groups is 1. The summed E-state index contributed by atoms with van der Waals surface area (Å²) in [6.07, 6.45) is -0.418. The van der Waals surface area contributed by atoms with Crippen molar-refractivity contribution in [1.29, 1.82) is 0 Å². The Morgan fingerprint density at radius 2 is 2.06 bits per heavy atom. The Labute approximate surface area is 101 Å². The zero-order valence-electron chi connectivity index (χ0n) is 8.55. The molecule has 5 nitrogen and oxygen atoms in total. The molecule has 1 aromatic rings. The Bertz CT molecular complexity index is 390. The van der Waals surface area contributed by atoms with Crippen molar-refractivity contribution in [3.63, 3.8) is 0 Å². The van der Waals surface area contributed by atoms with Crippen molar-refractivity contribution in [3.05, 3.63) is 39.9 Å². The van der Waals surface area contributed by atoms with Gasteiger partial charge in [0.25, 0.3) is 5.69 Å². The highest BCUT2D eigenvalue weighted by Crippen LogP contribution is 2.22. The van der Waals surface area contributed by atoms with Crippen molar-refractivity contribution >= 4 is 27.6 Å². The fourth-order valence-corrected chi connectivity index (χ4v) is 1.71. The van der Waals surface area contributed by atoms with Crippen molar-refractivity contribution in [2.75, 3.05) is 5.33 Å². The third-order valence-electron chi connectivity index (χ3n) is 1.92. The first-order valence-corrected chi connectivity index (χ1v) is 5.64. The van der Waals surface area contributed by atoms with Gasteiger partial charge in [-0.25, -0.2) is 0 Å². The summed E-state index contributed by atoms with van der Waals surface area (Å²) in [4.78, 5) is 20.8. The van der Waals surface area contributed by atoms with Gasteiger partial charge in [-0.1, -0.05) is 15.9 Å². The number of nitro benzene ring substituents is 1. The molecule has 86 valence electrons. The van der Waals surface area contributed by atoms with Crippen molar-refractivity contribution in [1.82, 2.24) is 0 Å². The highest BCUT2D eigenvalue weighted by atomic mass is 79.9. The van der Waals surface area contributed by atoms with Gasteiger partial charge in [0, 0.05) is 24.4 Å². The molecule has 0 aliphatic heterocycles. The van der Waals surface area contributed by atoms with E-state index in [1.165, 1.54) is 19.1 Å². The normalized spacial score (nSPS) is 11.9. The quantitative estimate of drug-likeness (QED) is 0.369. The minimum atomic E-state index is -0.473. The van der Waals surface area contributed by atoms with E-state index in [0.717, 1.165) is 5.56 Å². The first-order chi connectivity index (χ1) is 7.54. The van der Waals surface area contributed by atoms with E-state index >= 15 is 0 Å². The van der Waals surface area contributed by atoms with Crippen LogP contribution in [0.4, 0.5) is 5.69 Å². The van der Waals surface area contributed by atoms with Crippen LogP contribution in [0.2, 0.25) is 0 Å². The molecular formula is C10H10BrNO4. The van der Waals surface area contributed by atoms with Gasteiger partial charge in [-0.05, 0) is 17.7 Å². The number of rotatable bonds is 4. The maximum atomic E-state index is 10.8. The molecule has 1 aromatic carbocycles. The topological polar surface area (TPSA) is 69.4 Å². The summed E-state index contributed by atoms with van der Waals surface area (Å²) >= 11 is 3.22. The summed E-state index contributed by atoms with van der Waals surface area (Å²) < 4.78 is 5.03. The molecule has 0 aliphatic rings. The van der Waals surface area contributed by atoms with Gasteiger partial charge in [-0.3, -0.25) is 14.9 Å². The number of hydrogen-bond acceptors (Lipinski definition) is 4. The summed E-state index contributed by atoms with van der Waals surface area (Å²) in [6.45, 7) is 1.32. The average Bonchev–Trinajstić information content (AvgIpc) is 2.25. The third-order valence-corrected chi connectivity index (χ3v) is 2.51. The van der Waals surface area contributed by atoms with Crippen LogP contribution in [0.1, 0.15) is 18.6 Å². The Hall–Kier alpha value is -1.43. The lowest BCUT2D eigenvalue weighted by molar-refractivity contribution is -0.384. The summed E-state index contributed by atoms with van der Waals surface area (Å²) in [7, 11) is 0. The van der Waals surface area contributed by atoms with Crippen LogP contribution in [-0.4, -0.2) is 16.2 Å². The Morgan fingerprint density at radius 1 is 1.50 bits per heavy atom. The van der Waals surface area contributed by atoms with Crippen molar-refractivity contribution < 1.29 is 14.5 Å². The number of nitro groups is 1. The van der Waals surface area contributed by atoms with Crippen LogP contribution >= 0.6 is 15.9 Å². The standard InChI is InChI=1S/C10H10BrNO4/c1-7(13)16-10(6-11)8-2-4-9(5-3-8)12(14)15/h2-5,10H,6H2,1H3/t10-/m1/s1. The number of benzene rings is 1. The second-order valence-corrected chi connectivity index (χ2v) is 3.75. The molecule has 1 atom stereocenters. The number of nitrogens with zero attached hydrogens (tertiary/aromatic N) is 1. The van der Waals surface area contributed by atoms with Gasteiger partial charge in [0.05, 0.1) is 4.92 Å². The molecule has 0 saturated heterocycles. The largest absolute Gasteiger partial charge is 0.457 e. The molecule has 0 fully saturated rings. The number of alkyl halides is 1. The van der Waals surface area contributed by atoms with Crippen LogP contribution in [0, 0.1) is 10.1 Å². The van der Waals surface area contributed by atoms with Crippen molar-refractivity contribution in [2.24, 2.45) is 0 Å². The predicted molar refractivity (Wildman–Crippen MR) is 61.4 cm³/mol. The summed E-state index contributed by atoms with van der Waals surface area (Å²) in [5, 5.41) is 10.9. The fourth-order valence-electron chi connectivity index (χ4n) is 1.20. The molecule has 0 bridgehead atoms. The van der Waals surface area contributed by atoms with E-state index in [0.29, 0.717) is 5.33 Å². The fraction of sp³-hybridized carbons (Fsp3) is 0.300. The molecule has 1 rings (SSSR count). The lowest BCUT2D eigenvalue weighted by atomic mass is 10.1. The summed E-state index contributed by atoms with van der Waals surface area (Å²) in [5.41, 5.74) is 0.734. The highest BCUT2D eigenvalue weighted by Gasteiger charge is 2.14. The zero-order chi connectivity index (χ0) is 12.1. The van der Waals surface area contributed by atoms with E-state index in [2.05, 4.69) is 15.9 Å². The van der Waals surface area contributed by atoms with Crippen LogP contribution < -0.4 is 0 Å². The number of non-ortho nitro benzene ring substituents is 1. The van der Waals surface area contributed by atoms with Crippen LogP contribution in [-0.2, 0) is 9.53 Å². The van der Waals surface area contributed by atoms with Gasteiger partial charge in [-0.15, -0.1) is 0 Å².